The minimum absolute atomic E-state index is 0.0930. The number of hydrogen-bond acceptors (Lipinski definition) is 6. The van der Waals surface area contributed by atoms with E-state index in [0.29, 0.717) is 30.0 Å². The van der Waals surface area contributed by atoms with E-state index >= 15 is 0 Å². The lowest BCUT2D eigenvalue weighted by Crippen LogP contribution is -2.24. The van der Waals surface area contributed by atoms with Crippen LogP contribution in [-0.2, 0) is 23.1 Å². The third kappa shape index (κ3) is 4.43. The minimum Gasteiger partial charge on any atom is -0.495 e. The van der Waals surface area contributed by atoms with Gasteiger partial charge in [0.2, 0.25) is 5.95 Å². The molecule has 1 N–H and O–H groups in total. The number of aromatic nitrogens is 4. The van der Waals surface area contributed by atoms with Gasteiger partial charge in [-0.1, -0.05) is 0 Å². The van der Waals surface area contributed by atoms with Crippen LogP contribution in [0, 0.1) is 17.5 Å². The van der Waals surface area contributed by atoms with E-state index in [1.165, 1.54) is 4.68 Å². The van der Waals surface area contributed by atoms with Crippen LogP contribution in [0.15, 0.2) is 46.2 Å². The number of rotatable bonds is 7. The average Bonchev–Trinajstić information content (AvgIpc) is 3.19. The molecular weight excluding hydrogens is 451 g/mol. The van der Waals surface area contributed by atoms with Crippen molar-refractivity contribution in [1.29, 1.82) is 0 Å². The SMILES string of the molecule is CCOC1=CC(Nc2nc(=O)c3nn(C)cc3n2Cc2cc(F)c(F)c(F)c2)=C(C)CC1OC. The number of halogens is 3. The molecular formula is C23H24F3N5O3. The Hall–Kier alpha value is -3.60. The van der Waals surface area contributed by atoms with Gasteiger partial charge in [-0.2, -0.15) is 10.1 Å². The molecule has 1 atom stereocenters. The van der Waals surface area contributed by atoms with Gasteiger partial charge in [0.25, 0.3) is 0 Å². The molecule has 0 saturated heterocycles. The van der Waals surface area contributed by atoms with Crippen LogP contribution in [-0.4, -0.2) is 39.2 Å². The Bertz CT molecular complexity index is 1350. The number of aryl methyl sites for hydroxylation is 1. The lowest BCUT2D eigenvalue weighted by molar-refractivity contribution is 0.0647. The normalized spacial score (nSPS) is 16.2. The largest absolute Gasteiger partial charge is 0.495 e. The Kier molecular flexibility index (Phi) is 6.47. The molecule has 0 saturated carbocycles. The first kappa shape index (κ1) is 23.6. The molecule has 0 bridgehead atoms. The highest BCUT2D eigenvalue weighted by molar-refractivity contribution is 5.75. The van der Waals surface area contributed by atoms with Gasteiger partial charge in [0.1, 0.15) is 11.9 Å². The smallest absolute Gasteiger partial charge is 0.302 e. The predicted octanol–water partition coefficient (Wildman–Crippen LogP) is 3.62. The summed E-state index contributed by atoms with van der Waals surface area (Å²) in [7, 11) is 3.24. The zero-order valence-electron chi connectivity index (χ0n) is 19.2. The van der Waals surface area contributed by atoms with Crippen molar-refractivity contribution < 1.29 is 22.6 Å². The van der Waals surface area contributed by atoms with Crippen LogP contribution in [0.4, 0.5) is 19.1 Å². The Labute approximate surface area is 193 Å². The molecule has 180 valence electrons. The van der Waals surface area contributed by atoms with E-state index in [1.807, 2.05) is 13.8 Å². The van der Waals surface area contributed by atoms with Gasteiger partial charge in [-0.05, 0) is 37.1 Å². The topological polar surface area (TPSA) is 83.2 Å². The lowest BCUT2D eigenvalue weighted by Gasteiger charge is -2.26. The van der Waals surface area contributed by atoms with Crippen LogP contribution in [0.3, 0.4) is 0 Å². The summed E-state index contributed by atoms with van der Waals surface area (Å²) in [4.78, 5) is 16.8. The molecule has 0 spiro atoms. The van der Waals surface area contributed by atoms with Gasteiger partial charge in [-0.25, -0.2) is 13.2 Å². The van der Waals surface area contributed by atoms with Crippen molar-refractivity contribution in [2.45, 2.75) is 32.9 Å². The fourth-order valence-corrected chi connectivity index (χ4v) is 3.90. The maximum absolute atomic E-state index is 13.9. The van der Waals surface area contributed by atoms with E-state index in [4.69, 9.17) is 9.47 Å². The first-order chi connectivity index (χ1) is 16.2. The van der Waals surface area contributed by atoms with E-state index in [2.05, 4.69) is 15.4 Å². The molecule has 2 aromatic heterocycles. The maximum Gasteiger partial charge on any atom is 0.302 e. The summed E-state index contributed by atoms with van der Waals surface area (Å²) in [5.74, 6) is -3.40. The van der Waals surface area contributed by atoms with Gasteiger partial charge in [0.15, 0.2) is 23.0 Å². The third-order valence-electron chi connectivity index (χ3n) is 5.55. The molecule has 1 aromatic carbocycles. The zero-order chi connectivity index (χ0) is 24.6. The Morgan fingerprint density at radius 1 is 1.24 bits per heavy atom. The number of allylic oxidation sites excluding steroid dienone is 1. The molecule has 4 rings (SSSR count). The van der Waals surface area contributed by atoms with Gasteiger partial charge in [-0.3, -0.25) is 9.48 Å². The molecule has 0 fully saturated rings. The van der Waals surface area contributed by atoms with E-state index in [-0.39, 0.29) is 29.7 Å². The summed E-state index contributed by atoms with van der Waals surface area (Å²) in [6, 6.07) is 1.81. The van der Waals surface area contributed by atoms with Crippen molar-refractivity contribution in [3.05, 3.63) is 74.8 Å². The maximum atomic E-state index is 13.9. The predicted molar refractivity (Wildman–Crippen MR) is 120 cm³/mol. The van der Waals surface area contributed by atoms with E-state index < -0.39 is 23.0 Å². The number of nitrogens with one attached hydrogen (secondary N) is 1. The highest BCUT2D eigenvalue weighted by atomic mass is 19.2. The third-order valence-corrected chi connectivity index (χ3v) is 5.55. The minimum atomic E-state index is -1.55. The number of ether oxygens (including phenoxy) is 2. The van der Waals surface area contributed by atoms with Crippen LogP contribution in [0.2, 0.25) is 0 Å². The highest BCUT2D eigenvalue weighted by Crippen LogP contribution is 2.28. The van der Waals surface area contributed by atoms with Crippen molar-refractivity contribution in [2.75, 3.05) is 19.0 Å². The molecule has 3 aromatic rings. The molecule has 0 radical (unpaired) electrons. The standard InChI is InChI=1S/C23H24F3N5O3/c1-5-34-19-9-16(12(2)6-18(19)33-4)27-23-28-22(32)21-17(11-30(3)29-21)31(23)10-13-7-14(24)20(26)15(25)8-13/h7-9,11,18H,5-6,10H2,1-4H3,(H,27,28,32). The molecule has 2 heterocycles. The first-order valence-corrected chi connectivity index (χ1v) is 10.6. The second-order valence-corrected chi connectivity index (χ2v) is 7.96. The number of methoxy groups -OCH3 is 1. The molecule has 0 aliphatic heterocycles. The first-order valence-electron chi connectivity index (χ1n) is 10.6. The summed E-state index contributed by atoms with van der Waals surface area (Å²) in [5.41, 5.74) is 1.65. The zero-order valence-corrected chi connectivity index (χ0v) is 19.2. The van der Waals surface area contributed by atoms with Gasteiger partial charge in [-0.15, -0.1) is 0 Å². The van der Waals surface area contributed by atoms with Crippen molar-refractivity contribution in [3.63, 3.8) is 0 Å². The van der Waals surface area contributed by atoms with Crippen molar-refractivity contribution in [3.8, 4) is 0 Å². The van der Waals surface area contributed by atoms with Gasteiger partial charge in [0.05, 0.1) is 18.7 Å². The lowest BCUT2D eigenvalue weighted by atomic mass is 9.99. The number of anilines is 1. The summed E-state index contributed by atoms with van der Waals surface area (Å²) in [5, 5.41) is 7.31. The summed E-state index contributed by atoms with van der Waals surface area (Å²) in [6.45, 7) is 4.12. The molecule has 0 amide bonds. The highest BCUT2D eigenvalue weighted by Gasteiger charge is 2.24. The summed E-state index contributed by atoms with van der Waals surface area (Å²) in [6.07, 6.45) is 3.69. The van der Waals surface area contributed by atoms with Crippen molar-refractivity contribution >= 4 is 17.0 Å². The van der Waals surface area contributed by atoms with Gasteiger partial charge >= 0.3 is 5.56 Å². The van der Waals surface area contributed by atoms with Crippen molar-refractivity contribution in [2.24, 2.45) is 7.05 Å². The van der Waals surface area contributed by atoms with E-state index in [1.54, 1.807) is 31.0 Å². The Morgan fingerprint density at radius 3 is 2.59 bits per heavy atom. The second-order valence-electron chi connectivity index (χ2n) is 7.96. The fraction of sp³-hybridized carbons (Fsp3) is 0.348. The van der Waals surface area contributed by atoms with Gasteiger partial charge in [0, 0.05) is 38.5 Å². The molecule has 1 aliphatic carbocycles. The Balaban J connectivity index is 1.82. The van der Waals surface area contributed by atoms with Crippen LogP contribution in [0.25, 0.3) is 11.0 Å². The van der Waals surface area contributed by atoms with Gasteiger partial charge < -0.3 is 19.4 Å². The number of hydrogen-bond donors (Lipinski definition) is 1. The second kappa shape index (κ2) is 9.34. The van der Waals surface area contributed by atoms with Crippen LogP contribution < -0.4 is 10.9 Å². The number of benzene rings is 1. The van der Waals surface area contributed by atoms with E-state index in [9.17, 15) is 18.0 Å². The Morgan fingerprint density at radius 2 is 1.94 bits per heavy atom. The molecule has 8 nitrogen and oxygen atoms in total. The number of fused-ring (bicyclic) bond motifs is 1. The number of nitrogens with zero attached hydrogens (tertiary/aromatic N) is 4. The quantitative estimate of drug-likeness (QED) is 0.526. The summed E-state index contributed by atoms with van der Waals surface area (Å²) >= 11 is 0. The molecule has 1 unspecified atom stereocenters. The summed E-state index contributed by atoms with van der Waals surface area (Å²) < 4.78 is 55.4. The molecule has 11 heteroatoms. The average molecular weight is 475 g/mol. The van der Waals surface area contributed by atoms with Crippen LogP contribution >= 0.6 is 0 Å². The van der Waals surface area contributed by atoms with E-state index in [0.717, 1.165) is 17.7 Å². The van der Waals surface area contributed by atoms with Crippen molar-refractivity contribution in [1.82, 2.24) is 19.3 Å². The van der Waals surface area contributed by atoms with Crippen LogP contribution in [0.1, 0.15) is 25.8 Å². The fourth-order valence-electron chi connectivity index (χ4n) is 3.90. The molecule has 1 aliphatic rings. The van der Waals surface area contributed by atoms with Crippen LogP contribution in [0.5, 0.6) is 0 Å². The monoisotopic (exact) mass is 475 g/mol. The molecule has 34 heavy (non-hydrogen) atoms.